The van der Waals surface area contributed by atoms with E-state index in [1.807, 2.05) is 0 Å². The van der Waals surface area contributed by atoms with Crippen molar-refractivity contribution in [2.24, 2.45) is 0 Å². The summed E-state index contributed by atoms with van der Waals surface area (Å²) in [4.78, 5) is 11.0. The van der Waals surface area contributed by atoms with Crippen LogP contribution >= 0.6 is 23.4 Å². The van der Waals surface area contributed by atoms with Crippen molar-refractivity contribution in [1.29, 1.82) is 0 Å². The zero-order chi connectivity index (χ0) is 10.8. The summed E-state index contributed by atoms with van der Waals surface area (Å²) in [5.74, 6) is 1.51. The Bertz CT molecular complexity index is 373. The first-order chi connectivity index (χ1) is 7.20. The van der Waals surface area contributed by atoms with Gasteiger partial charge in [0, 0.05) is 11.7 Å². The normalized spacial score (nSPS) is 21.5. The summed E-state index contributed by atoms with van der Waals surface area (Å²) in [6, 6.07) is 0. The lowest BCUT2D eigenvalue weighted by Crippen LogP contribution is -2.11. The molecule has 4 nitrogen and oxygen atoms in total. The largest absolute Gasteiger partial charge is 0.477 e. The van der Waals surface area contributed by atoms with E-state index in [0.717, 1.165) is 24.3 Å². The molecule has 0 radical (unpaired) electrons. The second-order valence-electron chi connectivity index (χ2n) is 3.43. The molecule has 0 aliphatic carbocycles. The van der Waals surface area contributed by atoms with E-state index in [1.165, 1.54) is 0 Å². The van der Waals surface area contributed by atoms with E-state index in [4.69, 9.17) is 21.2 Å². The van der Waals surface area contributed by atoms with Gasteiger partial charge in [-0.3, -0.25) is 0 Å². The van der Waals surface area contributed by atoms with Crippen LogP contribution in [0.2, 0.25) is 5.15 Å². The van der Waals surface area contributed by atoms with E-state index in [0.29, 0.717) is 5.76 Å². The zero-order valence-corrected chi connectivity index (χ0v) is 9.48. The molecule has 0 saturated carbocycles. The highest BCUT2D eigenvalue weighted by Crippen LogP contribution is 2.35. The molecule has 1 atom stereocenters. The fourth-order valence-corrected chi connectivity index (χ4v) is 3.05. The van der Waals surface area contributed by atoms with E-state index in [1.54, 1.807) is 11.8 Å². The van der Waals surface area contributed by atoms with Gasteiger partial charge < -0.3 is 9.63 Å². The molecule has 15 heavy (non-hydrogen) atoms. The number of halogens is 1. The van der Waals surface area contributed by atoms with Gasteiger partial charge >= 0.3 is 5.97 Å². The molecule has 1 aliphatic heterocycles. The van der Waals surface area contributed by atoms with Gasteiger partial charge in [-0.1, -0.05) is 16.8 Å². The molecule has 0 amide bonds. The maximum Gasteiger partial charge on any atom is 0.342 e. The van der Waals surface area contributed by atoms with E-state index < -0.39 is 5.97 Å². The Hall–Kier alpha value is -0.680. The van der Waals surface area contributed by atoms with Crippen molar-refractivity contribution < 1.29 is 14.4 Å². The van der Waals surface area contributed by atoms with Crippen LogP contribution in [0.15, 0.2) is 4.52 Å². The number of carboxylic acids is 1. The summed E-state index contributed by atoms with van der Waals surface area (Å²) in [6.45, 7) is 0. The number of nitrogens with zero attached hydrogens (tertiary/aromatic N) is 1. The van der Waals surface area contributed by atoms with Crippen molar-refractivity contribution in [1.82, 2.24) is 5.16 Å². The molecule has 1 fully saturated rings. The van der Waals surface area contributed by atoms with Gasteiger partial charge in [0.2, 0.25) is 0 Å². The summed E-state index contributed by atoms with van der Waals surface area (Å²) in [5, 5.41) is 12.4. The van der Waals surface area contributed by atoms with Gasteiger partial charge in [-0.15, -0.1) is 0 Å². The first kappa shape index (κ1) is 10.8. The number of aromatic nitrogens is 1. The second kappa shape index (κ2) is 4.45. The van der Waals surface area contributed by atoms with Gasteiger partial charge in [-0.05, 0) is 18.6 Å². The van der Waals surface area contributed by atoms with E-state index in [9.17, 15) is 4.79 Å². The number of thioether (sulfide) groups is 1. The van der Waals surface area contributed by atoms with Crippen LogP contribution in [-0.2, 0) is 0 Å². The van der Waals surface area contributed by atoms with Crippen molar-refractivity contribution in [3.05, 3.63) is 16.5 Å². The van der Waals surface area contributed by atoms with Crippen LogP contribution in [0.4, 0.5) is 0 Å². The first-order valence-corrected chi connectivity index (χ1v) is 6.19. The van der Waals surface area contributed by atoms with Crippen LogP contribution in [0, 0.1) is 0 Å². The highest BCUT2D eigenvalue weighted by Gasteiger charge is 2.28. The minimum atomic E-state index is -1.06. The van der Waals surface area contributed by atoms with Crippen LogP contribution in [0.1, 0.15) is 34.9 Å². The molecule has 2 heterocycles. The van der Waals surface area contributed by atoms with Crippen molar-refractivity contribution in [2.45, 2.75) is 18.8 Å². The monoisotopic (exact) mass is 247 g/mol. The van der Waals surface area contributed by atoms with Gasteiger partial charge in [0.15, 0.2) is 10.9 Å². The average molecular weight is 248 g/mol. The first-order valence-electron chi connectivity index (χ1n) is 4.66. The lowest BCUT2D eigenvalue weighted by molar-refractivity contribution is 0.0694. The summed E-state index contributed by atoms with van der Waals surface area (Å²) >= 11 is 7.47. The average Bonchev–Trinajstić information content (AvgIpc) is 2.61. The molecule has 1 N–H and O–H groups in total. The summed E-state index contributed by atoms with van der Waals surface area (Å²) in [7, 11) is 0. The zero-order valence-electron chi connectivity index (χ0n) is 7.90. The lowest BCUT2D eigenvalue weighted by Gasteiger charge is -2.18. The fraction of sp³-hybridized carbons (Fsp3) is 0.556. The van der Waals surface area contributed by atoms with Crippen LogP contribution < -0.4 is 0 Å². The molecule has 1 aliphatic rings. The Labute approximate surface area is 96.0 Å². The number of carbonyl (C=O) groups is 1. The van der Waals surface area contributed by atoms with Crippen LogP contribution in [0.25, 0.3) is 0 Å². The minimum Gasteiger partial charge on any atom is -0.477 e. The van der Waals surface area contributed by atoms with Gasteiger partial charge in [0.05, 0.1) is 0 Å². The minimum absolute atomic E-state index is 0.0316. The maximum atomic E-state index is 11.0. The molecular weight excluding hydrogens is 238 g/mol. The molecule has 82 valence electrons. The molecule has 6 heteroatoms. The predicted molar refractivity (Wildman–Crippen MR) is 57.8 cm³/mol. The highest BCUT2D eigenvalue weighted by molar-refractivity contribution is 7.99. The van der Waals surface area contributed by atoms with Crippen molar-refractivity contribution in [3.63, 3.8) is 0 Å². The second-order valence-corrected chi connectivity index (χ2v) is 4.94. The highest BCUT2D eigenvalue weighted by atomic mass is 35.5. The Balaban J connectivity index is 2.30. The number of hydrogen-bond acceptors (Lipinski definition) is 4. The quantitative estimate of drug-likeness (QED) is 0.870. The van der Waals surface area contributed by atoms with Crippen molar-refractivity contribution in [2.75, 3.05) is 11.5 Å². The summed E-state index contributed by atoms with van der Waals surface area (Å²) < 4.78 is 5.02. The third kappa shape index (κ3) is 2.13. The van der Waals surface area contributed by atoms with E-state index >= 15 is 0 Å². The SMILES string of the molecule is O=C(O)c1c(Cl)noc1C1CCCSC1. The van der Waals surface area contributed by atoms with Crippen molar-refractivity contribution >= 4 is 29.3 Å². The number of aromatic carboxylic acids is 1. The molecule has 1 aromatic rings. The van der Waals surface area contributed by atoms with E-state index in [2.05, 4.69) is 5.16 Å². The van der Waals surface area contributed by atoms with Crippen molar-refractivity contribution in [3.8, 4) is 0 Å². The molecule has 0 aromatic carbocycles. The van der Waals surface area contributed by atoms with Crippen LogP contribution in [0.5, 0.6) is 0 Å². The van der Waals surface area contributed by atoms with Crippen LogP contribution in [-0.4, -0.2) is 27.7 Å². The smallest absolute Gasteiger partial charge is 0.342 e. The molecule has 1 aromatic heterocycles. The number of rotatable bonds is 2. The fourth-order valence-electron chi connectivity index (χ4n) is 1.70. The molecule has 0 spiro atoms. The summed E-state index contributed by atoms with van der Waals surface area (Å²) in [5.41, 5.74) is 0.0316. The third-order valence-electron chi connectivity index (χ3n) is 2.42. The van der Waals surface area contributed by atoms with Gasteiger partial charge in [-0.25, -0.2) is 4.79 Å². The number of carboxylic acid groups (broad SMARTS) is 1. The van der Waals surface area contributed by atoms with Gasteiger partial charge in [0.25, 0.3) is 0 Å². The van der Waals surface area contributed by atoms with Crippen LogP contribution in [0.3, 0.4) is 0 Å². The molecular formula is C9H10ClNO3S. The molecule has 1 saturated heterocycles. The summed E-state index contributed by atoms with van der Waals surface area (Å²) in [6.07, 6.45) is 2.02. The Morgan fingerprint density at radius 3 is 3.07 bits per heavy atom. The molecule has 2 rings (SSSR count). The molecule has 0 bridgehead atoms. The Morgan fingerprint density at radius 2 is 2.47 bits per heavy atom. The lowest BCUT2D eigenvalue weighted by atomic mass is 9.99. The third-order valence-corrected chi connectivity index (χ3v) is 3.90. The maximum absolute atomic E-state index is 11.0. The van der Waals surface area contributed by atoms with Gasteiger partial charge in [0.1, 0.15) is 5.56 Å². The Kier molecular flexibility index (Phi) is 3.21. The Morgan fingerprint density at radius 1 is 1.67 bits per heavy atom. The molecule has 1 unspecified atom stereocenters. The predicted octanol–water partition coefficient (Wildman–Crippen LogP) is 2.64. The number of hydrogen-bond donors (Lipinski definition) is 1. The standard InChI is InChI=1S/C9H10ClNO3S/c10-8-6(9(12)13)7(14-11-8)5-2-1-3-15-4-5/h5H,1-4H2,(H,12,13). The van der Waals surface area contributed by atoms with E-state index in [-0.39, 0.29) is 16.6 Å². The van der Waals surface area contributed by atoms with Gasteiger partial charge in [-0.2, -0.15) is 11.8 Å². The topological polar surface area (TPSA) is 63.3 Å².